The van der Waals surface area contributed by atoms with Crippen LogP contribution in [-0.4, -0.2) is 29.9 Å². The highest BCUT2D eigenvalue weighted by Crippen LogP contribution is 2.45. The minimum Gasteiger partial charge on any atom is -0.458 e. The third-order valence-electron chi connectivity index (χ3n) is 6.26. The van der Waals surface area contributed by atoms with Gasteiger partial charge in [0.1, 0.15) is 12.2 Å². The highest BCUT2D eigenvalue weighted by atomic mass is 16.6. The summed E-state index contributed by atoms with van der Waals surface area (Å²) in [6.45, 7) is 6.12. The van der Waals surface area contributed by atoms with Crippen LogP contribution in [0.15, 0.2) is 35.5 Å². The van der Waals surface area contributed by atoms with Crippen molar-refractivity contribution in [2.45, 2.75) is 84.3 Å². The Morgan fingerprint density at radius 2 is 1.97 bits per heavy atom. The van der Waals surface area contributed by atoms with Crippen LogP contribution in [0.5, 0.6) is 0 Å². The molecule has 1 unspecified atom stereocenters. The van der Waals surface area contributed by atoms with Crippen LogP contribution in [0.3, 0.4) is 0 Å². The molecular weight excluding hydrogens is 368 g/mol. The summed E-state index contributed by atoms with van der Waals surface area (Å²) in [5.41, 5.74) is 1.38. The van der Waals surface area contributed by atoms with Crippen molar-refractivity contribution in [3.05, 3.63) is 35.5 Å². The molecule has 5 heteroatoms. The van der Waals surface area contributed by atoms with Gasteiger partial charge < -0.3 is 9.47 Å². The van der Waals surface area contributed by atoms with E-state index in [0.29, 0.717) is 6.42 Å². The fourth-order valence-electron chi connectivity index (χ4n) is 4.57. The summed E-state index contributed by atoms with van der Waals surface area (Å²) in [4.78, 5) is 37.4. The largest absolute Gasteiger partial charge is 0.458 e. The molecule has 0 aromatic heterocycles. The van der Waals surface area contributed by atoms with E-state index in [2.05, 4.69) is 19.9 Å². The first kappa shape index (κ1) is 21.5. The molecule has 1 saturated carbocycles. The van der Waals surface area contributed by atoms with Gasteiger partial charge in [-0.1, -0.05) is 30.1 Å². The van der Waals surface area contributed by atoms with Gasteiger partial charge in [-0.05, 0) is 64.7 Å². The van der Waals surface area contributed by atoms with Crippen molar-refractivity contribution >= 4 is 17.7 Å². The van der Waals surface area contributed by atoms with Gasteiger partial charge in [0, 0.05) is 6.42 Å². The first-order chi connectivity index (χ1) is 13.8. The van der Waals surface area contributed by atoms with E-state index in [9.17, 15) is 14.4 Å². The van der Waals surface area contributed by atoms with E-state index in [1.165, 1.54) is 11.6 Å². The Bertz CT molecular complexity index is 749. The number of carbonyl (C=O) groups is 3. The lowest BCUT2D eigenvalue weighted by atomic mass is 9.69. The lowest BCUT2D eigenvalue weighted by Gasteiger charge is -2.34. The molecular formula is C24H32O5. The molecule has 0 radical (unpaired) electrons. The van der Waals surface area contributed by atoms with Crippen molar-refractivity contribution in [2.24, 2.45) is 11.3 Å². The molecule has 0 amide bonds. The first-order valence-corrected chi connectivity index (χ1v) is 10.7. The smallest absolute Gasteiger partial charge is 0.309 e. The second kappa shape index (κ2) is 9.10. The van der Waals surface area contributed by atoms with E-state index < -0.39 is 17.6 Å². The molecule has 5 nitrogen and oxygen atoms in total. The number of cyclic esters (lactones) is 1. The number of ketones is 1. The molecule has 1 heterocycles. The topological polar surface area (TPSA) is 69.7 Å². The van der Waals surface area contributed by atoms with E-state index in [0.717, 1.165) is 44.1 Å². The van der Waals surface area contributed by atoms with Crippen LogP contribution in [0.2, 0.25) is 0 Å². The van der Waals surface area contributed by atoms with Gasteiger partial charge in [-0.25, -0.2) is 0 Å². The van der Waals surface area contributed by atoms with Crippen LogP contribution in [0.1, 0.15) is 72.1 Å². The quantitative estimate of drug-likeness (QED) is 0.481. The van der Waals surface area contributed by atoms with Gasteiger partial charge in [-0.3, -0.25) is 14.4 Å². The minimum absolute atomic E-state index is 0.0357. The second-order valence-corrected chi connectivity index (χ2v) is 8.96. The third kappa shape index (κ3) is 5.06. The molecule has 2 aliphatic carbocycles. The monoisotopic (exact) mass is 400 g/mol. The van der Waals surface area contributed by atoms with Gasteiger partial charge in [-0.15, -0.1) is 0 Å². The molecule has 29 heavy (non-hydrogen) atoms. The van der Waals surface area contributed by atoms with Crippen LogP contribution in [0.25, 0.3) is 0 Å². The minimum atomic E-state index is -0.968. The molecule has 2 fully saturated rings. The molecule has 1 saturated heterocycles. The molecule has 0 bridgehead atoms. The Kier molecular flexibility index (Phi) is 6.76. The molecule has 0 aromatic carbocycles. The van der Waals surface area contributed by atoms with Crippen LogP contribution >= 0.6 is 0 Å². The lowest BCUT2D eigenvalue weighted by Crippen LogP contribution is -2.43. The number of carbonyl (C=O) groups excluding carboxylic acids is 3. The number of hydrogen-bond acceptors (Lipinski definition) is 5. The number of ether oxygens (including phenoxy) is 2. The maximum absolute atomic E-state index is 12.8. The Labute approximate surface area is 173 Å². The Morgan fingerprint density at radius 1 is 1.24 bits per heavy atom. The van der Waals surface area contributed by atoms with E-state index in [4.69, 9.17) is 9.47 Å². The molecule has 3 atom stereocenters. The highest BCUT2D eigenvalue weighted by Gasteiger charge is 2.55. The molecule has 3 rings (SSSR count). The van der Waals surface area contributed by atoms with E-state index in [1.54, 1.807) is 6.08 Å². The zero-order chi connectivity index (χ0) is 21.0. The summed E-state index contributed by atoms with van der Waals surface area (Å²) >= 11 is 0. The van der Waals surface area contributed by atoms with Crippen molar-refractivity contribution in [1.82, 2.24) is 0 Å². The van der Waals surface area contributed by atoms with Gasteiger partial charge in [0.2, 0.25) is 0 Å². The van der Waals surface area contributed by atoms with E-state index >= 15 is 0 Å². The Balaban J connectivity index is 1.73. The Hall–Kier alpha value is -2.17. The van der Waals surface area contributed by atoms with Gasteiger partial charge >= 0.3 is 11.9 Å². The summed E-state index contributed by atoms with van der Waals surface area (Å²) in [6.07, 6.45) is 12.1. The normalized spacial score (nSPS) is 30.0. The molecule has 0 N–H and O–H groups in total. The zero-order valence-electron chi connectivity index (χ0n) is 17.7. The van der Waals surface area contributed by atoms with Gasteiger partial charge in [0.25, 0.3) is 0 Å². The van der Waals surface area contributed by atoms with Crippen molar-refractivity contribution in [3.8, 4) is 0 Å². The van der Waals surface area contributed by atoms with Crippen molar-refractivity contribution in [2.75, 3.05) is 0 Å². The van der Waals surface area contributed by atoms with Crippen molar-refractivity contribution in [3.63, 3.8) is 0 Å². The van der Waals surface area contributed by atoms with Crippen LogP contribution in [0, 0.1) is 11.3 Å². The highest BCUT2D eigenvalue weighted by molar-refractivity contribution is 6.00. The van der Waals surface area contributed by atoms with E-state index in [-0.39, 0.29) is 30.1 Å². The van der Waals surface area contributed by atoms with Gasteiger partial charge in [0.05, 0.1) is 17.8 Å². The average molecular weight is 401 g/mol. The maximum Gasteiger partial charge on any atom is 0.309 e. The number of esters is 2. The standard InChI is InChI=1S/C24H32O5/c1-16(2)7-6-8-17(3)13-21-24(15-22(26)29-21)14-19(11-12-20(24)25)28-23(27)18-9-4-5-10-18/h7,11-13,18-19,21H,4-6,8-10,14-15H2,1-3H3/b17-13+/t19-,21-,24?/m1/s1. The molecule has 0 aromatic rings. The summed E-state index contributed by atoms with van der Waals surface area (Å²) < 4.78 is 11.3. The average Bonchev–Trinajstić information content (AvgIpc) is 3.27. The molecule has 1 aliphatic heterocycles. The molecule has 3 aliphatic rings. The van der Waals surface area contributed by atoms with Crippen LogP contribution in [0.4, 0.5) is 0 Å². The fraction of sp³-hybridized carbons (Fsp3) is 0.625. The number of rotatable bonds is 6. The van der Waals surface area contributed by atoms with Gasteiger partial charge in [-0.2, -0.15) is 0 Å². The predicted octanol–water partition coefficient (Wildman–Crippen LogP) is 4.61. The van der Waals surface area contributed by atoms with Crippen molar-refractivity contribution < 1.29 is 23.9 Å². The first-order valence-electron chi connectivity index (χ1n) is 10.7. The second-order valence-electron chi connectivity index (χ2n) is 8.96. The van der Waals surface area contributed by atoms with Crippen LogP contribution in [-0.2, 0) is 23.9 Å². The Morgan fingerprint density at radius 3 is 2.66 bits per heavy atom. The summed E-state index contributed by atoms with van der Waals surface area (Å²) in [5, 5.41) is 0. The molecule has 158 valence electrons. The number of allylic oxidation sites excluding steroid dienone is 4. The summed E-state index contributed by atoms with van der Waals surface area (Å²) in [5.74, 6) is -0.703. The third-order valence-corrected chi connectivity index (χ3v) is 6.26. The fourth-order valence-corrected chi connectivity index (χ4v) is 4.57. The van der Waals surface area contributed by atoms with Crippen LogP contribution < -0.4 is 0 Å². The lowest BCUT2D eigenvalue weighted by molar-refractivity contribution is -0.155. The molecule has 1 spiro atoms. The van der Waals surface area contributed by atoms with Crippen molar-refractivity contribution in [1.29, 1.82) is 0 Å². The SMILES string of the molecule is CC(C)=CCC/C(C)=C/[C@H]1OC(=O)CC12C[C@H](OC(=O)C1CCCC1)C=CC2=O. The number of hydrogen-bond donors (Lipinski definition) is 0. The van der Waals surface area contributed by atoms with Gasteiger partial charge in [0.15, 0.2) is 5.78 Å². The summed E-state index contributed by atoms with van der Waals surface area (Å²) in [7, 11) is 0. The maximum atomic E-state index is 12.8. The summed E-state index contributed by atoms with van der Waals surface area (Å²) in [6, 6.07) is 0. The predicted molar refractivity (Wildman–Crippen MR) is 110 cm³/mol. The zero-order valence-corrected chi connectivity index (χ0v) is 17.7. The van der Waals surface area contributed by atoms with E-state index in [1.807, 2.05) is 13.0 Å².